The molecule has 1 aliphatic heterocycles. The predicted octanol–water partition coefficient (Wildman–Crippen LogP) is 2.79. The Kier molecular flexibility index (Phi) is 4.88. The molecule has 2 atom stereocenters. The molecule has 2 unspecified atom stereocenters. The van der Waals surface area contributed by atoms with Crippen molar-refractivity contribution in [1.82, 2.24) is 4.90 Å². The fourth-order valence-corrected chi connectivity index (χ4v) is 3.73. The molecule has 0 bridgehead atoms. The van der Waals surface area contributed by atoms with Crippen molar-refractivity contribution in [2.45, 2.75) is 58.8 Å². The van der Waals surface area contributed by atoms with Crippen LogP contribution < -0.4 is 5.73 Å². The SMILES string of the molecule is CCC(CC1CCCC1)C(=O)N1CCC(C)(CN)C1. The number of carbonyl (C=O) groups is 1. The lowest BCUT2D eigenvalue weighted by Gasteiger charge is -2.27. The Labute approximate surface area is 117 Å². The van der Waals surface area contributed by atoms with E-state index in [2.05, 4.69) is 18.7 Å². The molecule has 2 N–H and O–H groups in total. The average molecular weight is 266 g/mol. The highest BCUT2D eigenvalue weighted by Gasteiger charge is 2.37. The molecule has 1 saturated heterocycles. The van der Waals surface area contributed by atoms with E-state index in [1.54, 1.807) is 0 Å². The molecular formula is C16H30N2O. The van der Waals surface area contributed by atoms with Crippen molar-refractivity contribution in [1.29, 1.82) is 0 Å². The van der Waals surface area contributed by atoms with Crippen LogP contribution in [-0.4, -0.2) is 30.4 Å². The van der Waals surface area contributed by atoms with Crippen LogP contribution in [0.5, 0.6) is 0 Å². The second-order valence-electron chi connectivity index (χ2n) is 7.02. The van der Waals surface area contributed by atoms with E-state index >= 15 is 0 Å². The number of carbonyl (C=O) groups excluding carboxylic acids is 1. The number of hydrogen-bond donors (Lipinski definition) is 1. The van der Waals surface area contributed by atoms with Crippen LogP contribution in [0.15, 0.2) is 0 Å². The molecule has 1 aliphatic carbocycles. The molecule has 3 nitrogen and oxygen atoms in total. The highest BCUT2D eigenvalue weighted by Crippen LogP contribution is 2.34. The Morgan fingerprint density at radius 1 is 1.42 bits per heavy atom. The first-order valence-electron chi connectivity index (χ1n) is 8.07. The molecule has 2 fully saturated rings. The number of rotatable bonds is 5. The van der Waals surface area contributed by atoms with Crippen molar-refractivity contribution < 1.29 is 4.79 Å². The van der Waals surface area contributed by atoms with Gasteiger partial charge in [0.1, 0.15) is 0 Å². The van der Waals surface area contributed by atoms with Crippen LogP contribution in [0.25, 0.3) is 0 Å². The third-order valence-electron chi connectivity index (χ3n) is 5.30. The van der Waals surface area contributed by atoms with Crippen LogP contribution in [0.3, 0.4) is 0 Å². The van der Waals surface area contributed by atoms with Crippen molar-refractivity contribution in [3.8, 4) is 0 Å². The number of likely N-dealkylation sites (tertiary alicyclic amines) is 1. The maximum atomic E-state index is 12.7. The summed E-state index contributed by atoms with van der Waals surface area (Å²) in [5.74, 6) is 1.45. The maximum absolute atomic E-state index is 12.7. The fourth-order valence-electron chi connectivity index (χ4n) is 3.73. The highest BCUT2D eigenvalue weighted by atomic mass is 16.2. The van der Waals surface area contributed by atoms with Gasteiger partial charge in [0, 0.05) is 19.0 Å². The summed E-state index contributed by atoms with van der Waals surface area (Å²) in [6.45, 7) is 6.83. The van der Waals surface area contributed by atoms with E-state index in [1.165, 1.54) is 25.7 Å². The molecule has 19 heavy (non-hydrogen) atoms. The number of amides is 1. The molecule has 0 aromatic carbocycles. The third-order valence-corrected chi connectivity index (χ3v) is 5.30. The summed E-state index contributed by atoms with van der Waals surface area (Å²) in [6.07, 6.45) is 8.58. The molecule has 1 heterocycles. The van der Waals surface area contributed by atoms with Crippen molar-refractivity contribution in [3.63, 3.8) is 0 Å². The van der Waals surface area contributed by atoms with Gasteiger partial charge in [-0.3, -0.25) is 4.79 Å². The minimum absolute atomic E-state index is 0.154. The molecule has 1 amide bonds. The van der Waals surface area contributed by atoms with E-state index in [4.69, 9.17) is 5.73 Å². The monoisotopic (exact) mass is 266 g/mol. The summed E-state index contributed by atoms with van der Waals surface area (Å²) >= 11 is 0. The number of nitrogens with two attached hydrogens (primary N) is 1. The average Bonchev–Trinajstić information content (AvgIpc) is 3.05. The number of hydrogen-bond acceptors (Lipinski definition) is 2. The minimum atomic E-state index is 0.154. The number of nitrogens with zero attached hydrogens (tertiary/aromatic N) is 1. The summed E-state index contributed by atoms with van der Waals surface area (Å²) in [5, 5.41) is 0. The first-order valence-corrected chi connectivity index (χ1v) is 8.07. The van der Waals surface area contributed by atoms with E-state index in [9.17, 15) is 4.79 Å². The smallest absolute Gasteiger partial charge is 0.225 e. The van der Waals surface area contributed by atoms with Gasteiger partial charge in [0.15, 0.2) is 0 Å². The van der Waals surface area contributed by atoms with Gasteiger partial charge in [-0.25, -0.2) is 0 Å². The van der Waals surface area contributed by atoms with Crippen LogP contribution in [0, 0.1) is 17.3 Å². The van der Waals surface area contributed by atoms with Gasteiger partial charge in [0.2, 0.25) is 5.91 Å². The second-order valence-corrected chi connectivity index (χ2v) is 7.02. The van der Waals surface area contributed by atoms with Crippen molar-refractivity contribution in [3.05, 3.63) is 0 Å². The molecular weight excluding hydrogens is 236 g/mol. The summed E-state index contributed by atoms with van der Waals surface area (Å²) in [5.41, 5.74) is 5.99. The predicted molar refractivity (Wildman–Crippen MR) is 78.7 cm³/mol. The Bertz CT molecular complexity index is 312. The van der Waals surface area contributed by atoms with Crippen LogP contribution in [0.1, 0.15) is 58.8 Å². The zero-order valence-electron chi connectivity index (χ0n) is 12.7. The van der Waals surface area contributed by atoms with Gasteiger partial charge < -0.3 is 10.6 Å². The van der Waals surface area contributed by atoms with E-state index in [0.29, 0.717) is 12.5 Å². The minimum Gasteiger partial charge on any atom is -0.342 e. The summed E-state index contributed by atoms with van der Waals surface area (Å²) in [4.78, 5) is 14.7. The first kappa shape index (κ1) is 14.8. The molecule has 0 spiro atoms. The lowest BCUT2D eigenvalue weighted by molar-refractivity contribution is -0.135. The summed E-state index contributed by atoms with van der Waals surface area (Å²) < 4.78 is 0. The van der Waals surface area contributed by atoms with Crippen LogP contribution in [0.2, 0.25) is 0 Å². The Morgan fingerprint density at radius 3 is 2.63 bits per heavy atom. The van der Waals surface area contributed by atoms with Crippen molar-refractivity contribution >= 4 is 5.91 Å². The van der Waals surface area contributed by atoms with Crippen molar-refractivity contribution in [2.24, 2.45) is 23.0 Å². The van der Waals surface area contributed by atoms with Gasteiger partial charge in [-0.15, -0.1) is 0 Å². The topological polar surface area (TPSA) is 46.3 Å². The van der Waals surface area contributed by atoms with E-state index in [-0.39, 0.29) is 11.3 Å². The fraction of sp³-hybridized carbons (Fsp3) is 0.938. The van der Waals surface area contributed by atoms with Gasteiger partial charge in [0.25, 0.3) is 0 Å². The van der Waals surface area contributed by atoms with Gasteiger partial charge in [-0.2, -0.15) is 0 Å². The molecule has 2 rings (SSSR count). The summed E-state index contributed by atoms with van der Waals surface area (Å²) in [7, 11) is 0. The van der Waals surface area contributed by atoms with Gasteiger partial charge in [-0.05, 0) is 37.1 Å². The Morgan fingerprint density at radius 2 is 2.11 bits per heavy atom. The molecule has 0 aromatic heterocycles. The Hall–Kier alpha value is -0.570. The summed E-state index contributed by atoms with van der Waals surface area (Å²) in [6, 6.07) is 0. The van der Waals surface area contributed by atoms with E-state index in [0.717, 1.165) is 38.3 Å². The third kappa shape index (κ3) is 3.50. The highest BCUT2D eigenvalue weighted by molar-refractivity contribution is 5.79. The lowest BCUT2D eigenvalue weighted by Crippen LogP contribution is -2.38. The van der Waals surface area contributed by atoms with E-state index in [1.807, 2.05) is 0 Å². The molecule has 0 radical (unpaired) electrons. The van der Waals surface area contributed by atoms with Crippen LogP contribution >= 0.6 is 0 Å². The second kappa shape index (κ2) is 6.25. The van der Waals surface area contributed by atoms with Crippen molar-refractivity contribution in [2.75, 3.05) is 19.6 Å². The first-order chi connectivity index (χ1) is 9.08. The molecule has 2 aliphatic rings. The van der Waals surface area contributed by atoms with Crippen LogP contribution in [0.4, 0.5) is 0 Å². The normalized spacial score (nSPS) is 29.9. The molecule has 110 valence electrons. The maximum Gasteiger partial charge on any atom is 0.225 e. The standard InChI is InChI=1S/C16H30N2O/c1-3-14(10-13-6-4-5-7-13)15(19)18-9-8-16(2,11-17)12-18/h13-14H,3-12,17H2,1-2H3. The zero-order valence-corrected chi connectivity index (χ0v) is 12.7. The molecule has 0 aromatic rings. The van der Waals surface area contributed by atoms with Crippen LogP contribution in [-0.2, 0) is 4.79 Å². The zero-order chi connectivity index (χ0) is 13.9. The lowest BCUT2D eigenvalue weighted by atomic mass is 9.89. The largest absolute Gasteiger partial charge is 0.342 e. The molecule has 3 heteroatoms. The molecule has 1 saturated carbocycles. The van der Waals surface area contributed by atoms with Gasteiger partial charge >= 0.3 is 0 Å². The van der Waals surface area contributed by atoms with Gasteiger partial charge in [-0.1, -0.05) is 39.5 Å². The Balaban J connectivity index is 1.89. The van der Waals surface area contributed by atoms with Gasteiger partial charge in [0.05, 0.1) is 0 Å². The quantitative estimate of drug-likeness (QED) is 0.831. The van der Waals surface area contributed by atoms with E-state index < -0.39 is 0 Å².